The molecule has 0 spiro atoms. The third kappa shape index (κ3) is 5.27. The van der Waals surface area contributed by atoms with Gasteiger partial charge in [-0.1, -0.05) is 34.6 Å². The van der Waals surface area contributed by atoms with Crippen LogP contribution in [0.3, 0.4) is 0 Å². The van der Waals surface area contributed by atoms with Gasteiger partial charge in [-0.15, -0.1) is 0 Å². The highest BCUT2D eigenvalue weighted by molar-refractivity contribution is 4.84. The van der Waals surface area contributed by atoms with Crippen LogP contribution in [0.2, 0.25) is 0 Å². The second kappa shape index (κ2) is 6.91. The number of nitrogens with one attached hydrogen (secondary N) is 1. The molecule has 0 aromatic heterocycles. The van der Waals surface area contributed by atoms with Crippen LogP contribution >= 0.6 is 0 Å². The van der Waals surface area contributed by atoms with Gasteiger partial charge < -0.3 is 5.32 Å². The molecule has 2 heteroatoms. The van der Waals surface area contributed by atoms with Crippen molar-refractivity contribution >= 4 is 0 Å². The first kappa shape index (κ1) is 16.0. The van der Waals surface area contributed by atoms with Crippen LogP contribution in [0.4, 0.5) is 0 Å². The summed E-state index contributed by atoms with van der Waals surface area (Å²) in [7, 11) is 0. The molecular weight excluding hydrogens is 220 g/mol. The highest BCUT2D eigenvalue weighted by atomic mass is 15.2. The summed E-state index contributed by atoms with van der Waals surface area (Å²) in [5, 5.41) is 3.61. The zero-order valence-corrected chi connectivity index (χ0v) is 13.4. The average Bonchev–Trinajstić information content (AvgIpc) is 2.23. The lowest BCUT2D eigenvalue weighted by molar-refractivity contribution is 0.0717. The summed E-state index contributed by atoms with van der Waals surface area (Å²) >= 11 is 0. The number of nitrogens with zero attached hydrogens (tertiary/aromatic N) is 1. The summed E-state index contributed by atoms with van der Waals surface area (Å²) in [5.74, 6) is 1.60. The number of likely N-dealkylation sites (tertiary alicyclic amines) is 1. The molecule has 1 N–H and O–H groups in total. The van der Waals surface area contributed by atoms with E-state index in [-0.39, 0.29) is 0 Å². The Morgan fingerprint density at radius 3 is 2.56 bits per heavy atom. The molecule has 0 aromatic rings. The Morgan fingerprint density at radius 2 is 1.94 bits per heavy atom. The van der Waals surface area contributed by atoms with Crippen LogP contribution in [0.15, 0.2) is 0 Å². The topological polar surface area (TPSA) is 15.3 Å². The van der Waals surface area contributed by atoms with Crippen molar-refractivity contribution in [2.24, 2.45) is 17.3 Å². The highest BCUT2D eigenvalue weighted by Gasteiger charge is 2.29. The van der Waals surface area contributed by atoms with E-state index in [9.17, 15) is 0 Å². The summed E-state index contributed by atoms with van der Waals surface area (Å²) in [4.78, 5) is 2.70. The third-order valence-electron chi connectivity index (χ3n) is 4.29. The molecule has 18 heavy (non-hydrogen) atoms. The van der Waals surface area contributed by atoms with Crippen LogP contribution in [0, 0.1) is 17.3 Å². The summed E-state index contributed by atoms with van der Waals surface area (Å²) in [6, 6.07) is 0.753. The van der Waals surface area contributed by atoms with Crippen LogP contribution < -0.4 is 5.32 Å². The normalized spacial score (nSPS) is 26.8. The summed E-state index contributed by atoms with van der Waals surface area (Å²) in [5.41, 5.74) is 0.375. The van der Waals surface area contributed by atoms with Gasteiger partial charge in [0.1, 0.15) is 0 Å². The standard InChI is InChI=1S/C16H34N2/c1-13(2)10-17-11-16(5,6)12-18-9-7-8-14(3)15(18)4/h13-15,17H,7-12H2,1-6H3. The minimum atomic E-state index is 0.375. The van der Waals surface area contributed by atoms with Gasteiger partial charge in [0.15, 0.2) is 0 Å². The molecule has 2 atom stereocenters. The minimum absolute atomic E-state index is 0.375. The Bertz CT molecular complexity index is 235. The average molecular weight is 254 g/mol. The second-order valence-corrected chi connectivity index (χ2v) is 7.52. The van der Waals surface area contributed by atoms with Gasteiger partial charge in [-0.05, 0) is 50.1 Å². The molecule has 1 aliphatic rings. The fraction of sp³-hybridized carbons (Fsp3) is 1.00. The third-order valence-corrected chi connectivity index (χ3v) is 4.29. The van der Waals surface area contributed by atoms with Gasteiger partial charge >= 0.3 is 0 Å². The molecule has 1 rings (SSSR count). The second-order valence-electron chi connectivity index (χ2n) is 7.52. The Labute approximate surface area is 115 Å². The van der Waals surface area contributed by atoms with E-state index in [0.717, 1.165) is 31.0 Å². The fourth-order valence-electron chi connectivity index (χ4n) is 2.95. The Balaban J connectivity index is 2.38. The SMILES string of the molecule is CC(C)CNCC(C)(C)CN1CCCC(C)C1C. The van der Waals surface area contributed by atoms with Crippen molar-refractivity contribution in [3.05, 3.63) is 0 Å². The van der Waals surface area contributed by atoms with Crippen LogP contribution in [-0.2, 0) is 0 Å². The molecule has 1 heterocycles. The molecule has 1 saturated heterocycles. The minimum Gasteiger partial charge on any atom is -0.316 e. The van der Waals surface area contributed by atoms with Crippen molar-refractivity contribution in [1.82, 2.24) is 10.2 Å². The van der Waals surface area contributed by atoms with Gasteiger partial charge in [-0.3, -0.25) is 4.90 Å². The number of piperidine rings is 1. The maximum atomic E-state index is 3.61. The first-order valence-corrected chi connectivity index (χ1v) is 7.76. The van der Waals surface area contributed by atoms with Crippen molar-refractivity contribution in [2.75, 3.05) is 26.2 Å². The summed E-state index contributed by atoms with van der Waals surface area (Å²) < 4.78 is 0. The molecule has 0 aromatic carbocycles. The van der Waals surface area contributed by atoms with Gasteiger partial charge in [0.05, 0.1) is 0 Å². The molecule has 0 radical (unpaired) electrons. The lowest BCUT2D eigenvalue weighted by Gasteiger charge is -2.42. The Kier molecular flexibility index (Phi) is 6.13. The van der Waals surface area contributed by atoms with Crippen LogP contribution in [0.5, 0.6) is 0 Å². The van der Waals surface area contributed by atoms with Gasteiger partial charge in [-0.2, -0.15) is 0 Å². The smallest absolute Gasteiger partial charge is 0.00928 e. The Hall–Kier alpha value is -0.0800. The van der Waals surface area contributed by atoms with Gasteiger partial charge in [-0.25, -0.2) is 0 Å². The van der Waals surface area contributed by atoms with Crippen LogP contribution in [0.1, 0.15) is 54.4 Å². The monoisotopic (exact) mass is 254 g/mol. The van der Waals surface area contributed by atoms with Crippen LogP contribution in [-0.4, -0.2) is 37.1 Å². The first-order valence-electron chi connectivity index (χ1n) is 7.76. The van der Waals surface area contributed by atoms with Gasteiger partial charge in [0, 0.05) is 19.1 Å². The number of hydrogen-bond acceptors (Lipinski definition) is 2. The lowest BCUT2D eigenvalue weighted by atomic mass is 9.87. The number of hydrogen-bond donors (Lipinski definition) is 1. The van der Waals surface area contributed by atoms with Crippen molar-refractivity contribution in [1.29, 1.82) is 0 Å². The zero-order valence-electron chi connectivity index (χ0n) is 13.4. The highest BCUT2D eigenvalue weighted by Crippen LogP contribution is 2.26. The molecule has 0 amide bonds. The van der Waals surface area contributed by atoms with Crippen LogP contribution in [0.25, 0.3) is 0 Å². The van der Waals surface area contributed by atoms with Crippen molar-refractivity contribution < 1.29 is 0 Å². The van der Waals surface area contributed by atoms with E-state index >= 15 is 0 Å². The predicted octanol–water partition coefficient (Wildman–Crippen LogP) is 3.38. The molecule has 1 fully saturated rings. The number of rotatable bonds is 6. The van der Waals surface area contributed by atoms with E-state index in [0.29, 0.717) is 5.41 Å². The van der Waals surface area contributed by atoms with E-state index in [4.69, 9.17) is 0 Å². The van der Waals surface area contributed by atoms with Crippen molar-refractivity contribution in [3.63, 3.8) is 0 Å². The maximum absolute atomic E-state index is 3.61. The van der Waals surface area contributed by atoms with Crippen molar-refractivity contribution in [2.45, 2.75) is 60.4 Å². The van der Waals surface area contributed by atoms with E-state index < -0.39 is 0 Å². The largest absolute Gasteiger partial charge is 0.316 e. The predicted molar refractivity (Wildman–Crippen MR) is 80.9 cm³/mol. The first-order chi connectivity index (χ1) is 8.32. The molecule has 0 bridgehead atoms. The van der Waals surface area contributed by atoms with E-state index in [1.165, 1.54) is 25.9 Å². The quantitative estimate of drug-likeness (QED) is 0.782. The van der Waals surface area contributed by atoms with E-state index in [1.54, 1.807) is 0 Å². The fourth-order valence-corrected chi connectivity index (χ4v) is 2.95. The molecule has 1 aliphatic heterocycles. The van der Waals surface area contributed by atoms with Gasteiger partial charge in [0.2, 0.25) is 0 Å². The zero-order chi connectivity index (χ0) is 13.8. The van der Waals surface area contributed by atoms with Gasteiger partial charge in [0.25, 0.3) is 0 Å². The molecule has 2 unspecified atom stereocenters. The molecular formula is C16H34N2. The van der Waals surface area contributed by atoms with E-state index in [2.05, 4.69) is 51.8 Å². The molecule has 0 aliphatic carbocycles. The van der Waals surface area contributed by atoms with E-state index in [1.807, 2.05) is 0 Å². The molecule has 2 nitrogen and oxygen atoms in total. The molecule has 0 saturated carbocycles. The molecule has 108 valence electrons. The Morgan fingerprint density at radius 1 is 1.28 bits per heavy atom. The summed E-state index contributed by atoms with van der Waals surface area (Å²) in [6.45, 7) is 18.9. The lowest BCUT2D eigenvalue weighted by Crippen LogP contribution is -2.49. The van der Waals surface area contributed by atoms with Crippen molar-refractivity contribution in [3.8, 4) is 0 Å². The summed E-state index contributed by atoms with van der Waals surface area (Å²) in [6.07, 6.45) is 2.78. The maximum Gasteiger partial charge on any atom is 0.00928 e.